The van der Waals surface area contributed by atoms with Gasteiger partial charge in [-0.05, 0) is 80.6 Å². The van der Waals surface area contributed by atoms with Gasteiger partial charge >= 0.3 is 0 Å². The molecule has 5 rings (SSSR count). The molecule has 0 spiro atoms. The van der Waals surface area contributed by atoms with Crippen LogP contribution in [0.4, 0.5) is 13.2 Å². The van der Waals surface area contributed by atoms with E-state index in [1.54, 1.807) is 11.3 Å². The van der Waals surface area contributed by atoms with E-state index in [9.17, 15) is 13.2 Å². The minimum absolute atomic E-state index is 0.0420. The monoisotopic (exact) mass is 524 g/mol. The first-order valence-electron chi connectivity index (χ1n) is 11.4. The van der Waals surface area contributed by atoms with Crippen LogP contribution in [0.5, 0.6) is 0 Å². The van der Waals surface area contributed by atoms with E-state index in [0.717, 1.165) is 62.1 Å². The van der Waals surface area contributed by atoms with E-state index < -0.39 is 17.5 Å². The van der Waals surface area contributed by atoms with Crippen molar-refractivity contribution in [1.29, 1.82) is 0 Å². The zero-order valence-corrected chi connectivity index (χ0v) is 21.8. The molecule has 0 saturated carbocycles. The summed E-state index contributed by atoms with van der Waals surface area (Å²) in [5.41, 5.74) is 4.53. The van der Waals surface area contributed by atoms with Crippen molar-refractivity contribution in [3.63, 3.8) is 0 Å². The lowest BCUT2D eigenvalue weighted by Gasteiger charge is -2.16. The molecular weight excluding hydrogens is 501 g/mol. The van der Waals surface area contributed by atoms with Crippen LogP contribution >= 0.6 is 23.1 Å². The number of thiophene rings is 1. The molecule has 3 heterocycles. The van der Waals surface area contributed by atoms with Gasteiger partial charge in [-0.1, -0.05) is 17.8 Å². The highest BCUT2D eigenvalue weighted by Crippen LogP contribution is 2.37. The summed E-state index contributed by atoms with van der Waals surface area (Å²) in [6.07, 6.45) is 0. The van der Waals surface area contributed by atoms with E-state index in [1.165, 1.54) is 0 Å². The third kappa shape index (κ3) is 4.41. The number of fused-ring (bicyclic) bond motifs is 1. The second-order valence-corrected chi connectivity index (χ2v) is 10.8. The van der Waals surface area contributed by atoms with Gasteiger partial charge in [-0.2, -0.15) is 0 Å². The number of rotatable bonds is 6. The Kier molecular flexibility index (Phi) is 6.61. The average Bonchev–Trinajstić information content (AvgIpc) is 3.52. The fourth-order valence-electron chi connectivity index (χ4n) is 4.08. The number of nitrogens with zero attached hydrogens (tertiary/aromatic N) is 4. The molecule has 184 valence electrons. The number of pyridine rings is 1. The molecule has 0 amide bonds. The van der Waals surface area contributed by atoms with Crippen LogP contribution in [0.15, 0.2) is 53.0 Å². The molecule has 0 aliphatic heterocycles. The molecule has 0 fully saturated rings. The Balaban J connectivity index is 1.64. The fourth-order valence-corrected chi connectivity index (χ4v) is 5.84. The number of halogens is 3. The molecule has 0 bridgehead atoms. The lowest BCUT2D eigenvalue weighted by atomic mass is 10.0. The van der Waals surface area contributed by atoms with Gasteiger partial charge in [0.05, 0.1) is 16.1 Å². The van der Waals surface area contributed by atoms with E-state index in [4.69, 9.17) is 4.98 Å². The standard InChI is InChI=1S/C27H23F3N4S2/c1-14(2)34-26(32-33-27(34)36-13-19-20(28)7-8-21(29)25(19)30)18-12-23(24-6-5-9-35-24)31-22-11-16(4)15(3)10-17(18)22/h5-12,14H,13H2,1-4H3. The first kappa shape index (κ1) is 24.5. The zero-order chi connectivity index (χ0) is 25.6. The highest BCUT2D eigenvalue weighted by Gasteiger charge is 2.22. The van der Waals surface area contributed by atoms with Crippen LogP contribution in [-0.2, 0) is 5.75 Å². The summed E-state index contributed by atoms with van der Waals surface area (Å²) in [6, 6.07) is 11.9. The molecule has 3 aromatic heterocycles. The molecule has 0 atom stereocenters. The predicted octanol–water partition coefficient (Wildman–Crippen LogP) is 8.13. The topological polar surface area (TPSA) is 43.6 Å². The molecule has 0 radical (unpaired) electrons. The summed E-state index contributed by atoms with van der Waals surface area (Å²) in [5.74, 6) is -2.52. The summed E-state index contributed by atoms with van der Waals surface area (Å²) in [4.78, 5) is 5.96. The van der Waals surface area contributed by atoms with E-state index in [-0.39, 0.29) is 17.4 Å². The second kappa shape index (κ2) is 9.71. The third-order valence-electron chi connectivity index (χ3n) is 6.10. The minimum Gasteiger partial charge on any atom is -0.299 e. The van der Waals surface area contributed by atoms with E-state index in [0.29, 0.717) is 11.0 Å². The van der Waals surface area contributed by atoms with Crippen molar-refractivity contribution in [1.82, 2.24) is 19.7 Å². The highest BCUT2D eigenvalue weighted by atomic mass is 32.2. The lowest BCUT2D eigenvalue weighted by Crippen LogP contribution is -2.06. The van der Waals surface area contributed by atoms with Crippen molar-refractivity contribution < 1.29 is 13.2 Å². The van der Waals surface area contributed by atoms with Gasteiger partial charge < -0.3 is 0 Å². The Hall–Kier alpha value is -3.17. The van der Waals surface area contributed by atoms with Crippen LogP contribution in [0.1, 0.15) is 36.6 Å². The lowest BCUT2D eigenvalue weighted by molar-refractivity contribution is 0.485. The highest BCUT2D eigenvalue weighted by molar-refractivity contribution is 7.98. The first-order chi connectivity index (χ1) is 17.2. The predicted molar refractivity (Wildman–Crippen MR) is 140 cm³/mol. The van der Waals surface area contributed by atoms with E-state index in [1.807, 2.05) is 42.0 Å². The average molecular weight is 525 g/mol. The summed E-state index contributed by atoms with van der Waals surface area (Å²) in [6.45, 7) is 8.12. The van der Waals surface area contributed by atoms with Gasteiger partial charge in [-0.3, -0.25) is 4.57 Å². The number of thioether (sulfide) groups is 1. The summed E-state index contributed by atoms with van der Waals surface area (Å²) in [5, 5.41) is 12.3. The second-order valence-electron chi connectivity index (χ2n) is 8.87. The van der Waals surface area contributed by atoms with Gasteiger partial charge in [0.1, 0.15) is 5.82 Å². The SMILES string of the molecule is Cc1cc2nc(-c3cccs3)cc(-c3nnc(SCc4c(F)ccc(F)c4F)n3C(C)C)c2cc1C. The summed E-state index contributed by atoms with van der Waals surface area (Å²) < 4.78 is 44.1. The van der Waals surface area contributed by atoms with E-state index >= 15 is 0 Å². The Morgan fingerprint density at radius 1 is 0.972 bits per heavy atom. The van der Waals surface area contributed by atoms with Crippen LogP contribution in [0.3, 0.4) is 0 Å². The van der Waals surface area contributed by atoms with E-state index in [2.05, 4.69) is 36.2 Å². The molecule has 0 saturated heterocycles. The van der Waals surface area contributed by atoms with Crippen molar-refractivity contribution in [3.8, 4) is 22.0 Å². The molecule has 0 N–H and O–H groups in total. The van der Waals surface area contributed by atoms with Gasteiger partial charge in [0.2, 0.25) is 0 Å². The quantitative estimate of drug-likeness (QED) is 0.166. The van der Waals surface area contributed by atoms with Gasteiger partial charge in [0.25, 0.3) is 0 Å². The Morgan fingerprint density at radius 2 is 1.72 bits per heavy atom. The molecule has 0 aliphatic rings. The third-order valence-corrected chi connectivity index (χ3v) is 7.97. The van der Waals surface area contributed by atoms with Crippen LogP contribution in [0, 0.1) is 31.3 Å². The van der Waals surface area contributed by atoms with Crippen molar-refractivity contribution in [3.05, 3.63) is 82.0 Å². The van der Waals surface area contributed by atoms with Crippen LogP contribution < -0.4 is 0 Å². The molecule has 4 nitrogen and oxygen atoms in total. The molecular formula is C27H23F3N4S2. The summed E-state index contributed by atoms with van der Waals surface area (Å²) >= 11 is 2.73. The normalized spacial score (nSPS) is 11.7. The Labute approximate surface area is 215 Å². The largest absolute Gasteiger partial charge is 0.299 e. The van der Waals surface area contributed by atoms with Crippen molar-refractivity contribution in [2.45, 2.75) is 44.6 Å². The first-order valence-corrected chi connectivity index (χ1v) is 13.3. The number of hydrogen-bond donors (Lipinski definition) is 0. The van der Waals surface area contributed by atoms with Gasteiger partial charge in [0, 0.05) is 28.3 Å². The maximum Gasteiger partial charge on any atom is 0.192 e. The number of aryl methyl sites for hydroxylation is 2. The summed E-state index contributed by atoms with van der Waals surface area (Å²) in [7, 11) is 0. The van der Waals surface area contributed by atoms with Crippen LogP contribution in [-0.4, -0.2) is 19.7 Å². The Bertz CT molecular complexity index is 1580. The maximum atomic E-state index is 14.2. The molecule has 5 aromatic rings. The Morgan fingerprint density at radius 3 is 2.44 bits per heavy atom. The number of aromatic nitrogens is 4. The van der Waals surface area contributed by atoms with Gasteiger partial charge in [-0.25, -0.2) is 18.2 Å². The van der Waals surface area contributed by atoms with Crippen molar-refractivity contribution in [2.75, 3.05) is 0 Å². The molecule has 0 aliphatic carbocycles. The minimum atomic E-state index is -1.18. The smallest absolute Gasteiger partial charge is 0.192 e. The zero-order valence-electron chi connectivity index (χ0n) is 20.1. The van der Waals surface area contributed by atoms with Crippen LogP contribution in [0.25, 0.3) is 32.9 Å². The van der Waals surface area contributed by atoms with Crippen molar-refractivity contribution in [2.24, 2.45) is 0 Å². The van der Waals surface area contributed by atoms with Gasteiger partial charge in [0.15, 0.2) is 22.6 Å². The van der Waals surface area contributed by atoms with Crippen LogP contribution in [0.2, 0.25) is 0 Å². The molecule has 0 unspecified atom stereocenters. The number of benzene rings is 2. The van der Waals surface area contributed by atoms with Gasteiger partial charge in [-0.15, -0.1) is 21.5 Å². The van der Waals surface area contributed by atoms with Crippen molar-refractivity contribution >= 4 is 34.0 Å². The molecule has 9 heteroatoms. The molecule has 36 heavy (non-hydrogen) atoms. The number of hydrogen-bond acceptors (Lipinski definition) is 5. The fraction of sp³-hybridized carbons (Fsp3) is 0.222. The maximum absolute atomic E-state index is 14.2. The molecule has 2 aromatic carbocycles.